The van der Waals surface area contributed by atoms with E-state index in [-0.39, 0.29) is 12.3 Å². The van der Waals surface area contributed by atoms with Gasteiger partial charge in [-0.05, 0) is 6.42 Å². The quantitative estimate of drug-likeness (QED) is 0.672. The number of hydrogen-bond acceptors (Lipinski definition) is 4. The lowest BCUT2D eigenvalue weighted by atomic mass is 10.2. The van der Waals surface area contributed by atoms with Crippen molar-refractivity contribution >= 4 is 17.8 Å². The number of nitrogens with zero attached hydrogens (tertiary/aromatic N) is 1. The molecule has 1 aromatic heterocycles. The van der Waals surface area contributed by atoms with Crippen molar-refractivity contribution in [2.45, 2.75) is 32.6 Å². The monoisotopic (exact) mass is 255 g/mol. The van der Waals surface area contributed by atoms with E-state index in [4.69, 9.17) is 9.63 Å². The first-order chi connectivity index (χ1) is 8.49. The van der Waals surface area contributed by atoms with Crippen LogP contribution in [0, 0.1) is 0 Å². The Balaban J connectivity index is 2.28. The number of urea groups is 1. The van der Waals surface area contributed by atoms with Crippen LogP contribution in [0.2, 0.25) is 0 Å². The van der Waals surface area contributed by atoms with Gasteiger partial charge in [0, 0.05) is 24.9 Å². The van der Waals surface area contributed by atoms with Crippen LogP contribution in [0.25, 0.3) is 0 Å². The molecule has 0 saturated carbocycles. The number of carbonyl (C=O) groups is 2. The van der Waals surface area contributed by atoms with Gasteiger partial charge in [-0.1, -0.05) is 19.0 Å². The van der Waals surface area contributed by atoms with Gasteiger partial charge in [-0.15, -0.1) is 0 Å². The molecule has 2 amide bonds. The molecule has 1 heterocycles. The van der Waals surface area contributed by atoms with Crippen LogP contribution < -0.4 is 10.6 Å². The Morgan fingerprint density at radius 3 is 2.78 bits per heavy atom. The van der Waals surface area contributed by atoms with E-state index in [0.29, 0.717) is 24.5 Å². The fraction of sp³-hybridized carbons (Fsp3) is 0.545. The molecule has 1 rings (SSSR count). The van der Waals surface area contributed by atoms with Crippen LogP contribution in [-0.4, -0.2) is 28.8 Å². The van der Waals surface area contributed by atoms with Gasteiger partial charge in [-0.2, -0.15) is 0 Å². The van der Waals surface area contributed by atoms with Crippen molar-refractivity contribution in [2.75, 3.05) is 11.9 Å². The number of anilines is 1. The highest BCUT2D eigenvalue weighted by Crippen LogP contribution is 2.17. The second-order valence-electron chi connectivity index (χ2n) is 4.15. The molecular weight excluding hydrogens is 238 g/mol. The molecule has 0 fully saturated rings. The molecule has 0 aliphatic carbocycles. The summed E-state index contributed by atoms with van der Waals surface area (Å²) in [4.78, 5) is 21.6. The second kappa shape index (κ2) is 6.63. The summed E-state index contributed by atoms with van der Waals surface area (Å²) in [5, 5.41) is 17.1. The van der Waals surface area contributed by atoms with Gasteiger partial charge in [0.15, 0.2) is 5.82 Å². The maximum atomic E-state index is 11.4. The molecule has 100 valence electrons. The SMILES string of the molecule is CC(C)c1cc(NC(=O)NCCCC(=O)O)no1. The molecule has 0 radical (unpaired) electrons. The molecule has 0 unspecified atom stereocenters. The van der Waals surface area contributed by atoms with Crippen LogP contribution in [0.5, 0.6) is 0 Å². The summed E-state index contributed by atoms with van der Waals surface area (Å²) in [5.74, 6) is 0.354. The smallest absolute Gasteiger partial charge is 0.320 e. The molecule has 0 aliphatic rings. The zero-order chi connectivity index (χ0) is 13.5. The summed E-state index contributed by atoms with van der Waals surface area (Å²) < 4.78 is 5.01. The molecule has 0 atom stereocenters. The van der Waals surface area contributed by atoms with Gasteiger partial charge < -0.3 is 14.9 Å². The minimum Gasteiger partial charge on any atom is -0.481 e. The maximum absolute atomic E-state index is 11.4. The van der Waals surface area contributed by atoms with Gasteiger partial charge in [-0.3, -0.25) is 10.1 Å². The van der Waals surface area contributed by atoms with Gasteiger partial charge in [0.25, 0.3) is 0 Å². The zero-order valence-corrected chi connectivity index (χ0v) is 10.4. The Morgan fingerprint density at radius 1 is 1.50 bits per heavy atom. The van der Waals surface area contributed by atoms with E-state index in [0.717, 1.165) is 0 Å². The minimum absolute atomic E-state index is 0.0295. The lowest BCUT2D eigenvalue weighted by Gasteiger charge is -2.03. The van der Waals surface area contributed by atoms with Gasteiger partial charge in [0.05, 0.1) is 0 Å². The Morgan fingerprint density at radius 2 is 2.22 bits per heavy atom. The normalized spacial score (nSPS) is 10.4. The fourth-order valence-corrected chi connectivity index (χ4v) is 1.22. The van der Waals surface area contributed by atoms with E-state index in [1.165, 1.54) is 0 Å². The molecule has 0 saturated heterocycles. The van der Waals surface area contributed by atoms with Crippen molar-refractivity contribution in [3.63, 3.8) is 0 Å². The molecule has 18 heavy (non-hydrogen) atoms. The predicted molar refractivity (Wildman–Crippen MR) is 64.5 cm³/mol. The topological polar surface area (TPSA) is 104 Å². The molecule has 0 spiro atoms. The lowest BCUT2D eigenvalue weighted by molar-refractivity contribution is -0.137. The van der Waals surface area contributed by atoms with Gasteiger partial charge >= 0.3 is 12.0 Å². The summed E-state index contributed by atoms with van der Waals surface area (Å²) >= 11 is 0. The number of carboxylic acids is 1. The highest BCUT2D eigenvalue weighted by molar-refractivity contribution is 5.88. The molecular formula is C11H17N3O4. The molecule has 0 aromatic carbocycles. The van der Waals surface area contributed by atoms with Crippen molar-refractivity contribution < 1.29 is 19.2 Å². The van der Waals surface area contributed by atoms with Gasteiger partial charge in [-0.25, -0.2) is 4.79 Å². The van der Waals surface area contributed by atoms with Gasteiger partial charge in [0.2, 0.25) is 0 Å². The van der Waals surface area contributed by atoms with E-state index in [9.17, 15) is 9.59 Å². The minimum atomic E-state index is -0.879. The number of nitrogens with one attached hydrogen (secondary N) is 2. The third-order valence-corrected chi connectivity index (χ3v) is 2.19. The van der Waals surface area contributed by atoms with E-state index in [2.05, 4.69) is 15.8 Å². The van der Waals surface area contributed by atoms with E-state index < -0.39 is 12.0 Å². The van der Waals surface area contributed by atoms with Gasteiger partial charge in [0.1, 0.15) is 5.76 Å². The van der Waals surface area contributed by atoms with Crippen molar-refractivity contribution in [1.82, 2.24) is 10.5 Å². The Labute approximate surface area is 105 Å². The number of aliphatic carboxylic acids is 1. The Kier molecular flexibility index (Phi) is 5.16. The summed E-state index contributed by atoms with van der Waals surface area (Å²) in [6.07, 6.45) is 0.417. The highest BCUT2D eigenvalue weighted by atomic mass is 16.5. The number of rotatable bonds is 6. The summed E-state index contributed by atoms with van der Waals surface area (Å²) in [6, 6.07) is 1.23. The van der Waals surface area contributed by atoms with Crippen molar-refractivity contribution in [3.8, 4) is 0 Å². The number of hydrogen-bond donors (Lipinski definition) is 3. The van der Waals surface area contributed by atoms with Crippen molar-refractivity contribution in [3.05, 3.63) is 11.8 Å². The number of aromatic nitrogens is 1. The van der Waals surface area contributed by atoms with E-state index in [1.807, 2.05) is 13.8 Å². The Hall–Kier alpha value is -2.05. The fourth-order valence-electron chi connectivity index (χ4n) is 1.22. The van der Waals surface area contributed by atoms with E-state index in [1.54, 1.807) is 6.07 Å². The van der Waals surface area contributed by atoms with Crippen molar-refractivity contribution in [2.24, 2.45) is 0 Å². The number of carbonyl (C=O) groups excluding carboxylic acids is 1. The molecule has 0 aliphatic heterocycles. The summed E-state index contributed by atoms with van der Waals surface area (Å²) in [7, 11) is 0. The van der Waals surface area contributed by atoms with Crippen LogP contribution in [0.1, 0.15) is 38.4 Å². The largest absolute Gasteiger partial charge is 0.481 e. The third kappa shape index (κ3) is 4.86. The first-order valence-electron chi connectivity index (χ1n) is 5.72. The number of carboxylic acid groups (broad SMARTS) is 1. The lowest BCUT2D eigenvalue weighted by Crippen LogP contribution is -2.29. The average Bonchev–Trinajstić information content (AvgIpc) is 2.72. The first-order valence-corrected chi connectivity index (χ1v) is 5.72. The molecule has 0 bridgehead atoms. The van der Waals surface area contributed by atoms with Crippen molar-refractivity contribution in [1.29, 1.82) is 0 Å². The molecule has 1 aromatic rings. The van der Waals surface area contributed by atoms with Crippen LogP contribution >= 0.6 is 0 Å². The summed E-state index contributed by atoms with van der Waals surface area (Å²) in [6.45, 7) is 4.21. The highest BCUT2D eigenvalue weighted by Gasteiger charge is 2.09. The third-order valence-electron chi connectivity index (χ3n) is 2.19. The molecule has 3 N–H and O–H groups in total. The molecule has 7 nitrogen and oxygen atoms in total. The summed E-state index contributed by atoms with van der Waals surface area (Å²) in [5.41, 5.74) is 0. The first kappa shape index (κ1) is 14.0. The van der Waals surface area contributed by atoms with E-state index >= 15 is 0 Å². The predicted octanol–water partition coefficient (Wildman–Crippen LogP) is 1.78. The van der Waals surface area contributed by atoms with Crippen LogP contribution in [0.4, 0.5) is 10.6 Å². The van der Waals surface area contributed by atoms with Crippen LogP contribution in [-0.2, 0) is 4.79 Å². The Bertz CT molecular complexity index is 414. The van der Waals surface area contributed by atoms with Crippen LogP contribution in [0.15, 0.2) is 10.6 Å². The maximum Gasteiger partial charge on any atom is 0.320 e. The molecule has 7 heteroatoms. The zero-order valence-electron chi connectivity index (χ0n) is 10.4. The second-order valence-corrected chi connectivity index (χ2v) is 4.15. The van der Waals surface area contributed by atoms with Crippen LogP contribution in [0.3, 0.4) is 0 Å². The number of amides is 2. The standard InChI is InChI=1S/C11H17N3O4/c1-7(2)8-6-9(14-18-8)13-11(17)12-5-3-4-10(15)16/h6-7H,3-5H2,1-2H3,(H,15,16)(H2,12,13,14,17). The average molecular weight is 255 g/mol.